The van der Waals surface area contributed by atoms with Gasteiger partial charge in [-0.2, -0.15) is 0 Å². The van der Waals surface area contributed by atoms with Crippen LogP contribution in [0.25, 0.3) is 0 Å². The van der Waals surface area contributed by atoms with E-state index in [4.69, 9.17) is 23.2 Å². The zero-order valence-electron chi connectivity index (χ0n) is 9.28. The first-order valence-corrected chi connectivity index (χ1v) is 6.88. The van der Waals surface area contributed by atoms with Crippen molar-refractivity contribution < 1.29 is 0 Å². The first-order chi connectivity index (χ1) is 7.42. The predicted octanol–water partition coefficient (Wildman–Crippen LogP) is 5.36. The van der Waals surface area contributed by atoms with E-state index in [-0.39, 0.29) is 0 Å². The monoisotopic (exact) mass is 321 g/mol. The third kappa shape index (κ3) is 2.49. The molecule has 1 fully saturated rings. The molecule has 0 heterocycles. The molecule has 0 aromatic heterocycles. The van der Waals surface area contributed by atoms with Crippen LogP contribution in [-0.2, 0) is 0 Å². The summed E-state index contributed by atoms with van der Waals surface area (Å²) in [6.07, 6.45) is 2.54. The Kier molecular flexibility index (Phi) is 3.44. The lowest BCUT2D eigenvalue weighted by molar-refractivity contribution is 0.493. The van der Waals surface area contributed by atoms with Gasteiger partial charge in [0.25, 0.3) is 0 Å². The summed E-state index contributed by atoms with van der Waals surface area (Å²) in [7, 11) is 0. The Morgan fingerprint density at radius 1 is 1.31 bits per heavy atom. The fraction of sp³-hybridized carbons (Fsp3) is 0.500. The van der Waals surface area contributed by atoms with E-state index in [2.05, 4.69) is 35.1 Å². The number of nitrogens with one attached hydrogen (secondary N) is 1. The summed E-state index contributed by atoms with van der Waals surface area (Å²) in [6.45, 7) is 4.47. The highest BCUT2D eigenvalue weighted by Gasteiger charge is 2.42. The van der Waals surface area contributed by atoms with E-state index >= 15 is 0 Å². The quantitative estimate of drug-likeness (QED) is 0.790. The van der Waals surface area contributed by atoms with Crippen LogP contribution < -0.4 is 5.32 Å². The van der Waals surface area contributed by atoms with E-state index in [9.17, 15) is 0 Å². The van der Waals surface area contributed by atoms with Gasteiger partial charge in [-0.25, -0.2) is 0 Å². The summed E-state index contributed by atoms with van der Waals surface area (Å²) in [4.78, 5) is 0. The SMILES string of the molecule is CC(Nc1c(Cl)cc(Br)cc1Cl)C1(C)CC1. The number of hydrogen-bond donors (Lipinski definition) is 1. The van der Waals surface area contributed by atoms with Crippen LogP contribution >= 0.6 is 39.1 Å². The van der Waals surface area contributed by atoms with Crippen molar-refractivity contribution in [3.05, 3.63) is 26.7 Å². The van der Waals surface area contributed by atoms with Crippen molar-refractivity contribution in [3.63, 3.8) is 0 Å². The van der Waals surface area contributed by atoms with Crippen molar-refractivity contribution in [1.82, 2.24) is 0 Å². The molecule has 0 radical (unpaired) electrons. The lowest BCUT2D eigenvalue weighted by atomic mass is 10.0. The van der Waals surface area contributed by atoms with Crippen molar-refractivity contribution in [2.24, 2.45) is 5.41 Å². The summed E-state index contributed by atoms with van der Waals surface area (Å²) >= 11 is 15.7. The first-order valence-electron chi connectivity index (χ1n) is 5.33. The first kappa shape index (κ1) is 12.5. The third-order valence-corrected chi connectivity index (χ3v) is 4.51. The van der Waals surface area contributed by atoms with E-state index in [0.29, 0.717) is 21.5 Å². The minimum Gasteiger partial charge on any atom is -0.380 e. The van der Waals surface area contributed by atoms with Gasteiger partial charge in [0.2, 0.25) is 0 Å². The predicted molar refractivity (Wildman–Crippen MR) is 74.6 cm³/mol. The maximum Gasteiger partial charge on any atom is 0.0721 e. The molecule has 0 spiro atoms. The van der Waals surface area contributed by atoms with Crippen LogP contribution in [-0.4, -0.2) is 6.04 Å². The van der Waals surface area contributed by atoms with Crippen LogP contribution in [0.4, 0.5) is 5.69 Å². The molecule has 16 heavy (non-hydrogen) atoms. The van der Waals surface area contributed by atoms with E-state index in [0.717, 1.165) is 10.2 Å². The molecule has 1 aromatic rings. The topological polar surface area (TPSA) is 12.0 Å². The Bertz CT molecular complexity index is 392. The second-order valence-electron chi connectivity index (χ2n) is 4.76. The molecule has 1 saturated carbocycles. The highest BCUT2D eigenvalue weighted by atomic mass is 79.9. The molecule has 1 nitrogen and oxygen atoms in total. The summed E-state index contributed by atoms with van der Waals surface area (Å²) in [6, 6.07) is 4.11. The molecule has 0 aliphatic heterocycles. The highest BCUT2D eigenvalue weighted by Crippen LogP contribution is 2.49. The van der Waals surface area contributed by atoms with Crippen molar-refractivity contribution in [2.45, 2.75) is 32.7 Å². The van der Waals surface area contributed by atoms with Gasteiger partial charge in [0.15, 0.2) is 0 Å². The van der Waals surface area contributed by atoms with E-state index in [1.54, 1.807) is 0 Å². The van der Waals surface area contributed by atoms with Gasteiger partial charge in [0, 0.05) is 10.5 Å². The standard InChI is InChI=1S/C12H14BrCl2N/c1-7(12(2)3-4-12)16-11-9(14)5-8(13)6-10(11)15/h5-7,16H,3-4H2,1-2H3. The molecular weight excluding hydrogens is 309 g/mol. The van der Waals surface area contributed by atoms with Gasteiger partial charge >= 0.3 is 0 Å². The Balaban J connectivity index is 2.21. The lowest BCUT2D eigenvalue weighted by Crippen LogP contribution is -2.25. The zero-order valence-corrected chi connectivity index (χ0v) is 12.4. The Morgan fingerprint density at radius 3 is 2.25 bits per heavy atom. The van der Waals surface area contributed by atoms with E-state index in [1.807, 2.05) is 12.1 Å². The molecule has 2 rings (SSSR count). The molecule has 0 saturated heterocycles. The van der Waals surface area contributed by atoms with E-state index < -0.39 is 0 Å². The van der Waals surface area contributed by atoms with Gasteiger partial charge < -0.3 is 5.32 Å². The number of rotatable bonds is 3. The van der Waals surface area contributed by atoms with Gasteiger partial charge in [-0.1, -0.05) is 46.1 Å². The van der Waals surface area contributed by atoms with Gasteiger partial charge in [-0.05, 0) is 37.3 Å². The molecule has 1 N–H and O–H groups in total. The van der Waals surface area contributed by atoms with Crippen LogP contribution in [0.15, 0.2) is 16.6 Å². The van der Waals surface area contributed by atoms with Gasteiger partial charge in [-0.3, -0.25) is 0 Å². The normalized spacial score (nSPS) is 19.3. The highest BCUT2D eigenvalue weighted by molar-refractivity contribution is 9.10. The summed E-state index contributed by atoms with van der Waals surface area (Å²) in [5.41, 5.74) is 1.24. The largest absolute Gasteiger partial charge is 0.380 e. The van der Waals surface area contributed by atoms with Crippen molar-refractivity contribution in [3.8, 4) is 0 Å². The minimum absolute atomic E-state index is 0.392. The Hall–Kier alpha value is 0.0800. The number of halogens is 3. The molecule has 1 atom stereocenters. The van der Waals surface area contributed by atoms with Crippen LogP contribution in [0.5, 0.6) is 0 Å². The second-order valence-corrected chi connectivity index (χ2v) is 6.49. The van der Waals surface area contributed by atoms with Crippen LogP contribution in [0.1, 0.15) is 26.7 Å². The molecule has 88 valence electrons. The molecule has 4 heteroatoms. The van der Waals surface area contributed by atoms with Gasteiger partial charge in [0.05, 0.1) is 15.7 Å². The maximum absolute atomic E-state index is 6.17. The van der Waals surface area contributed by atoms with Crippen molar-refractivity contribution >= 4 is 44.8 Å². The van der Waals surface area contributed by atoms with E-state index in [1.165, 1.54) is 12.8 Å². The number of hydrogen-bond acceptors (Lipinski definition) is 1. The summed E-state index contributed by atoms with van der Waals surface area (Å²) < 4.78 is 0.901. The number of anilines is 1. The van der Waals surface area contributed by atoms with Gasteiger partial charge in [0.1, 0.15) is 0 Å². The Labute approximate surface area is 115 Å². The van der Waals surface area contributed by atoms with Crippen LogP contribution in [0, 0.1) is 5.41 Å². The third-order valence-electron chi connectivity index (χ3n) is 3.45. The minimum atomic E-state index is 0.392. The zero-order chi connectivity index (χ0) is 11.9. The van der Waals surface area contributed by atoms with Gasteiger partial charge in [-0.15, -0.1) is 0 Å². The Morgan fingerprint density at radius 2 is 1.81 bits per heavy atom. The molecule has 0 bridgehead atoms. The maximum atomic E-state index is 6.17. The molecule has 1 aliphatic carbocycles. The second kappa shape index (κ2) is 4.40. The van der Waals surface area contributed by atoms with Crippen LogP contribution in [0.3, 0.4) is 0 Å². The molecule has 0 amide bonds. The molecule has 1 aliphatic rings. The average molecular weight is 323 g/mol. The molecule has 1 aromatic carbocycles. The smallest absolute Gasteiger partial charge is 0.0721 e. The summed E-state index contributed by atoms with van der Waals surface area (Å²) in [5.74, 6) is 0. The summed E-state index contributed by atoms with van der Waals surface area (Å²) in [5, 5.41) is 4.75. The fourth-order valence-electron chi connectivity index (χ4n) is 1.70. The molecular formula is C12H14BrCl2N. The molecule has 1 unspecified atom stereocenters. The average Bonchev–Trinajstić information content (AvgIpc) is 2.91. The van der Waals surface area contributed by atoms with Crippen molar-refractivity contribution in [2.75, 3.05) is 5.32 Å². The number of benzene rings is 1. The van der Waals surface area contributed by atoms with Crippen LogP contribution in [0.2, 0.25) is 10.0 Å². The lowest BCUT2D eigenvalue weighted by Gasteiger charge is -2.23. The fourth-order valence-corrected chi connectivity index (χ4v) is 3.02. The van der Waals surface area contributed by atoms with Crippen molar-refractivity contribution in [1.29, 1.82) is 0 Å².